The summed E-state index contributed by atoms with van der Waals surface area (Å²) >= 11 is 1.07. The minimum Gasteiger partial charge on any atom is -0.383 e. The van der Waals surface area contributed by atoms with Crippen molar-refractivity contribution in [2.24, 2.45) is 0 Å². The van der Waals surface area contributed by atoms with E-state index in [1.807, 2.05) is 37.3 Å². The number of nitrogens with two attached hydrogens (primary N) is 1. The number of nitriles is 1. The Labute approximate surface area is 206 Å². The fraction of sp³-hybridized carbons (Fsp3) is 0.333. The molecule has 10 nitrogen and oxygen atoms in total. The molecule has 35 heavy (non-hydrogen) atoms. The van der Waals surface area contributed by atoms with Crippen molar-refractivity contribution >= 4 is 29.2 Å². The minimum atomic E-state index is -0.727. The Bertz CT molecular complexity index is 1380. The minimum absolute atomic E-state index is 0.0636. The molecule has 0 saturated heterocycles. The van der Waals surface area contributed by atoms with E-state index >= 15 is 0 Å². The van der Waals surface area contributed by atoms with Crippen LogP contribution in [0.25, 0.3) is 0 Å². The van der Waals surface area contributed by atoms with Crippen molar-refractivity contribution < 1.29 is 4.79 Å². The first-order valence-electron chi connectivity index (χ1n) is 11.1. The van der Waals surface area contributed by atoms with Crippen molar-refractivity contribution in [2.75, 3.05) is 22.9 Å². The van der Waals surface area contributed by atoms with E-state index in [1.165, 1.54) is 9.47 Å². The molecular weight excluding hydrogens is 466 g/mol. The van der Waals surface area contributed by atoms with Crippen LogP contribution in [0.4, 0.5) is 11.5 Å². The van der Waals surface area contributed by atoms with Crippen LogP contribution in [-0.4, -0.2) is 38.0 Å². The first-order chi connectivity index (χ1) is 16.8. The molecule has 0 aliphatic heterocycles. The van der Waals surface area contributed by atoms with Gasteiger partial charge in [-0.3, -0.25) is 19.1 Å². The van der Waals surface area contributed by atoms with Crippen molar-refractivity contribution in [3.05, 3.63) is 73.6 Å². The molecule has 0 fully saturated rings. The second-order valence-electron chi connectivity index (χ2n) is 7.95. The molecule has 3 N–H and O–H groups in total. The maximum Gasteiger partial charge on any atom is 0.330 e. The Morgan fingerprint density at radius 2 is 1.94 bits per heavy atom. The highest BCUT2D eigenvalue weighted by atomic mass is 32.2. The number of hydrogen-bond acceptors (Lipinski definition) is 8. The molecule has 2 heterocycles. The quantitative estimate of drug-likeness (QED) is 0.431. The number of H-pyrrole nitrogens is 1. The van der Waals surface area contributed by atoms with Gasteiger partial charge in [0.2, 0.25) is 5.91 Å². The van der Waals surface area contributed by atoms with Crippen LogP contribution in [0.1, 0.15) is 42.1 Å². The lowest BCUT2D eigenvalue weighted by Crippen LogP contribution is -2.42. The Balaban J connectivity index is 1.96. The van der Waals surface area contributed by atoms with Crippen LogP contribution in [0.5, 0.6) is 0 Å². The number of carbonyl (C=O) groups excluding carboxylic acids is 1. The fourth-order valence-corrected chi connectivity index (χ4v) is 4.32. The summed E-state index contributed by atoms with van der Waals surface area (Å²) in [6, 6.07) is 11.3. The fourth-order valence-electron chi connectivity index (χ4n) is 3.47. The topological polar surface area (TPSA) is 151 Å². The smallest absolute Gasteiger partial charge is 0.330 e. The third kappa shape index (κ3) is 5.78. The summed E-state index contributed by atoms with van der Waals surface area (Å²) in [5, 5.41) is 18.0. The molecule has 11 heteroatoms. The zero-order chi connectivity index (χ0) is 25.5. The third-order valence-electron chi connectivity index (χ3n) is 5.57. The highest BCUT2D eigenvalue weighted by Crippen LogP contribution is 2.25. The largest absolute Gasteiger partial charge is 0.383 e. The number of nitrogen functional groups attached to an aromatic ring is 1. The number of aromatic nitrogens is 4. The van der Waals surface area contributed by atoms with Gasteiger partial charge >= 0.3 is 5.69 Å². The number of aryl methyl sites for hydroxylation is 1. The van der Waals surface area contributed by atoms with E-state index < -0.39 is 17.2 Å². The number of amides is 1. The second-order valence-corrected chi connectivity index (χ2v) is 8.92. The standard InChI is InChI=1S/C24H27N7O3S/c1-4-5-11-30(19(32)14-35-23-18(12-25)15(2)16(3)28-29-23)20-21(26)31(24(34)27-22(20)33)13-17-9-7-6-8-10-17/h6-10H,4-5,11,13-14,26H2,1-3H3,(H,27,33,34). The van der Waals surface area contributed by atoms with Gasteiger partial charge < -0.3 is 10.6 Å². The van der Waals surface area contributed by atoms with E-state index in [0.717, 1.165) is 23.7 Å². The van der Waals surface area contributed by atoms with Gasteiger partial charge in [-0.2, -0.15) is 10.4 Å². The molecule has 0 bridgehead atoms. The number of nitrogens with one attached hydrogen (secondary N) is 1. The van der Waals surface area contributed by atoms with Crippen LogP contribution in [-0.2, 0) is 11.3 Å². The summed E-state index contributed by atoms with van der Waals surface area (Å²) in [5.41, 5.74) is 7.39. The van der Waals surface area contributed by atoms with Crippen LogP contribution < -0.4 is 21.9 Å². The van der Waals surface area contributed by atoms with Crippen molar-refractivity contribution in [1.29, 1.82) is 5.26 Å². The first kappa shape index (κ1) is 25.7. The van der Waals surface area contributed by atoms with Gasteiger partial charge in [-0.25, -0.2) is 4.79 Å². The predicted octanol–water partition coefficient (Wildman–Crippen LogP) is 2.37. The molecule has 0 aliphatic carbocycles. The third-order valence-corrected chi connectivity index (χ3v) is 6.52. The Kier molecular flexibility index (Phi) is 8.43. The Hall–Kier alpha value is -3.91. The molecule has 1 aromatic carbocycles. The highest BCUT2D eigenvalue weighted by Gasteiger charge is 2.25. The number of rotatable bonds is 9. The molecule has 0 radical (unpaired) electrons. The molecule has 0 spiro atoms. The molecule has 3 rings (SSSR count). The molecule has 0 atom stereocenters. The Morgan fingerprint density at radius 3 is 2.60 bits per heavy atom. The summed E-state index contributed by atoms with van der Waals surface area (Å²) < 4.78 is 1.24. The van der Waals surface area contributed by atoms with E-state index in [0.29, 0.717) is 28.3 Å². The predicted molar refractivity (Wildman–Crippen MR) is 135 cm³/mol. The Morgan fingerprint density at radius 1 is 1.23 bits per heavy atom. The molecule has 2 aromatic heterocycles. The lowest BCUT2D eigenvalue weighted by atomic mass is 10.1. The van der Waals surface area contributed by atoms with Crippen LogP contribution in [0.2, 0.25) is 0 Å². The van der Waals surface area contributed by atoms with Gasteiger partial charge in [0.25, 0.3) is 5.56 Å². The van der Waals surface area contributed by atoms with Gasteiger partial charge in [-0.1, -0.05) is 55.4 Å². The number of carbonyl (C=O) groups is 1. The van der Waals surface area contributed by atoms with Gasteiger partial charge in [-0.15, -0.1) is 5.10 Å². The van der Waals surface area contributed by atoms with Gasteiger partial charge in [0.1, 0.15) is 16.9 Å². The summed E-state index contributed by atoms with van der Waals surface area (Å²) in [6.45, 7) is 5.89. The summed E-state index contributed by atoms with van der Waals surface area (Å²) in [4.78, 5) is 42.3. The highest BCUT2D eigenvalue weighted by molar-refractivity contribution is 8.00. The molecule has 3 aromatic rings. The van der Waals surface area contributed by atoms with Crippen LogP contribution in [0, 0.1) is 25.2 Å². The summed E-state index contributed by atoms with van der Waals surface area (Å²) in [6.07, 6.45) is 1.40. The van der Waals surface area contributed by atoms with E-state index in [-0.39, 0.29) is 30.3 Å². The molecule has 0 unspecified atom stereocenters. The van der Waals surface area contributed by atoms with Gasteiger partial charge in [0.15, 0.2) is 5.69 Å². The zero-order valence-corrected chi connectivity index (χ0v) is 20.7. The zero-order valence-electron chi connectivity index (χ0n) is 19.9. The SMILES string of the molecule is CCCCN(C(=O)CSc1nnc(C)c(C)c1C#N)c1c(N)n(Cc2ccccc2)c(=O)[nH]c1=O. The molecule has 182 valence electrons. The van der Waals surface area contributed by atoms with Gasteiger partial charge in [0, 0.05) is 6.54 Å². The van der Waals surface area contributed by atoms with Crippen LogP contribution in [0.15, 0.2) is 44.9 Å². The summed E-state index contributed by atoms with van der Waals surface area (Å²) in [5.74, 6) is -0.568. The van der Waals surface area contributed by atoms with Crippen molar-refractivity contribution in [3.8, 4) is 6.07 Å². The maximum absolute atomic E-state index is 13.3. The van der Waals surface area contributed by atoms with Gasteiger partial charge in [-0.05, 0) is 31.4 Å². The van der Waals surface area contributed by atoms with Crippen molar-refractivity contribution in [2.45, 2.75) is 45.2 Å². The van der Waals surface area contributed by atoms with E-state index in [2.05, 4.69) is 21.3 Å². The molecular formula is C24H27N7O3S. The number of unbranched alkanes of at least 4 members (excludes halogenated alkanes) is 1. The number of thioether (sulfide) groups is 1. The number of hydrogen-bond donors (Lipinski definition) is 2. The van der Waals surface area contributed by atoms with Gasteiger partial charge in [0.05, 0.1) is 23.6 Å². The van der Waals surface area contributed by atoms with E-state index in [9.17, 15) is 19.6 Å². The number of benzene rings is 1. The summed E-state index contributed by atoms with van der Waals surface area (Å²) in [7, 11) is 0. The average molecular weight is 494 g/mol. The van der Waals surface area contributed by atoms with Crippen molar-refractivity contribution in [1.82, 2.24) is 19.7 Å². The maximum atomic E-state index is 13.3. The molecule has 1 amide bonds. The van der Waals surface area contributed by atoms with E-state index in [1.54, 1.807) is 13.8 Å². The average Bonchev–Trinajstić information content (AvgIpc) is 2.84. The van der Waals surface area contributed by atoms with Crippen molar-refractivity contribution in [3.63, 3.8) is 0 Å². The lowest BCUT2D eigenvalue weighted by molar-refractivity contribution is -0.116. The van der Waals surface area contributed by atoms with Crippen LogP contribution >= 0.6 is 11.8 Å². The first-order valence-corrected chi connectivity index (χ1v) is 12.1. The van der Waals surface area contributed by atoms with Crippen LogP contribution in [0.3, 0.4) is 0 Å². The number of anilines is 2. The molecule has 0 saturated carbocycles. The monoisotopic (exact) mass is 493 g/mol. The van der Waals surface area contributed by atoms with E-state index in [4.69, 9.17) is 5.73 Å². The number of nitrogens with zero attached hydrogens (tertiary/aromatic N) is 5. The second kappa shape index (κ2) is 11.5. The number of aromatic amines is 1. The normalized spacial score (nSPS) is 10.7. The molecule has 0 aliphatic rings. The lowest BCUT2D eigenvalue weighted by Gasteiger charge is -2.24.